The predicted octanol–water partition coefficient (Wildman–Crippen LogP) is 0.268. The second-order valence-corrected chi connectivity index (χ2v) is 2.81. The van der Waals surface area contributed by atoms with E-state index in [1.807, 2.05) is 0 Å². The smallest absolute Gasteiger partial charge is 0.339 e. The van der Waals surface area contributed by atoms with E-state index < -0.39 is 18.0 Å². The first-order chi connectivity index (χ1) is 7.60. The van der Waals surface area contributed by atoms with E-state index in [9.17, 15) is 9.59 Å². The molecule has 0 aromatic rings. The Labute approximate surface area is 94.1 Å². The SMILES string of the molecule is CO/C=C(\C(=O)OC)C(CC(=O)OC)OC. The van der Waals surface area contributed by atoms with Crippen molar-refractivity contribution in [2.24, 2.45) is 0 Å². The van der Waals surface area contributed by atoms with E-state index >= 15 is 0 Å². The second-order valence-electron chi connectivity index (χ2n) is 2.81. The van der Waals surface area contributed by atoms with Gasteiger partial charge in [-0.15, -0.1) is 0 Å². The van der Waals surface area contributed by atoms with E-state index in [2.05, 4.69) is 9.47 Å². The molecule has 0 aromatic heterocycles. The maximum Gasteiger partial charge on any atom is 0.339 e. The van der Waals surface area contributed by atoms with Crippen LogP contribution in [-0.2, 0) is 28.5 Å². The second kappa shape index (κ2) is 7.70. The van der Waals surface area contributed by atoms with Crippen molar-refractivity contribution in [3.05, 3.63) is 11.8 Å². The fourth-order valence-corrected chi connectivity index (χ4v) is 1.06. The van der Waals surface area contributed by atoms with Crippen molar-refractivity contribution in [2.75, 3.05) is 28.4 Å². The molecule has 0 heterocycles. The fourth-order valence-electron chi connectivity index (χ4n) is 1.06. The summed E-state index contributed by atoms with van der Waals surface area (Å²) in [4.78, 5) is 22.4. The molecule has 0 saturated carbocycles. The summed E-state index contributed by atoms with van der Waals surface area (Å²) >= 11 is 0. The average molecular weight is 232 g/mol. The summed E-state index contributed by atoms with van der Waals surface area (Å²) in [7, 11) is 5.25. The first-order valence-corrected chi connectivity index (χ1v) is 4.51. The van der Waals surface area contributed by atoms with Gasteiger partial charge in [-0.05, 0) is 0 Å². The third kappa shape index (κ3) is 4.31. The zero-order valence-corrected chi connectivity index (χ0v) is 9.81. The average Bonchev–Trinajstić information content (AvgIpc) is 2.32. The molecule has 0 N–H and O–H groups in total. The largest absolute Gasteiger partial charge is 0.504 e. The fraction of sp³-hybridized carbons (Fsp3) is 0.600. The van der Waals surface area contributed by atoms with Gasteiger partial charge in [-0.25, -0.2) is 4.79 Å². The molecular weight excluding hydrogens is 216 g/mol. The molecule has 0 bridgehead atoms. The van der Waals surface area contributed by atoms with Gasteiger partial charge in [0.25, 0.3) is 0 Å². The van der Waals surface area contributed by atoms with Gasteiger partial charge >= 0.3 is 11.9 Å². The molecule has 6 heteroatoms. The van der Waals surface area contributed by atoms with E-state index in [0.29, 0.717) is 0 Å². The van der Waals surface area contributed by atoms with Gasteiger partial charge in [0.15, 0.2) is 0 Å². The van der Waals surface area contributed by atoms with Gasteiger partial charge in [0.2, 0.25) is 0 Å². The summed E-state index contributed by atoms with van der Waals surface area (Å²) in [5, 5.41) is 0. The summed E-state index contributed by atoms with van der Waals surface area (Å²) < 4.78 is 18.8. The number of ether oxygens (including phenoxy) is 4. The van der Waals surface area contributed by atoms with Gasteiger partial charge in [-0.2, -0.15) is 0 Å². The zero-order valence-electron chi connectivity index (χ0n) is 9.81. The third-order valence-electron chi connectivity index (χ3n) is 1.88. The van der Waals surface area contributed by atoms with E-state index in [4.69, 9.17) is 9.47 Å². The van der Waals surface area contributed by atoms with Crippen LogP contribution in [-0.4, -0.2) is 46.5 Å². The Kier molecular flexibility index (Phi) is 6.95. The Morgan fingerprint density at radius 2 is 1.75 bits per heavy atom. The number of carbonyl (C=O) groups is 2. The number of carbonyl (C=O) groups excluding carboxylic acids is 2. The highest BCUT2D eigenvalue weighted by Gasteiger charge is 2.25. The highest BCUT2D eigenvalue weighted by Crippen LogP contribution is 2.13. The van der Waals surface area contributed by atoms with E-state index in [1.54, 1.807) is 0 Å². The standard InChI is InChI=1S/C10H16O6/c1-13-6-7(10(12)16-4)8(14-2)5-9(11)15-3/h6,8H,5H2,1-4H3/b7-6-. The first-order valence-electron chi connectivity index (χ1n) is 4.51. The molecule has 0 radical (unpaired) electrons. The van der Waals surface area contributed by atoms with Crippen LogP contribution >= 0.6 is 0 Å². The highest BCUT2D eigenvalue weighted by atomic mass is 16.5. The van der Waals surface area contributed by atoms with Gasteiger partial charge in [-0.1, -0.05) is 0 Å². The number of rotatable bonds is 6. The molecular formula is C10H16O6. The van der Waals surface area contributed by atoms with Crippen LogP contribution in [0.1, 0.15) is 6.42 Å². The molecule has 0 aliphatic heterocycles. The number of esters is 2. The zero-order chi connectivity index (χ0) is 12.6. The minimum Gasteiger partial charge on any atom is -0.504 e. The van der Waals surface area contributed by atoms with Gasteiger partial charge in [0.1, 0.15) is 11.7 Å². The molecule has 0 rings (SSSR count). The van der Waals surface area contributed by atoms with Crippen molar-refractivity contribution in [1.82, 2.24) is 0 Å². The Hall–Kier alpha value is -1.56. The molecule has 6 nitrogen and oxygen atoms in total. The molecule has 0 amide bonds. The van der Waals surface area contributed by atoms with E-state index in [-0.39, 0.29) is 12.0 Å². The molecule has 92 valence electrons. The third-order valence-corrected chi connectivity index (χ3v) is 1.88. The van der Waals surface area contributed by atoms with E-state index in [0.717, 1.165) is 0 Å². The molecule has 0 spiro atoms. The van der Waals surface area contributed by atoms with E-state index in [1.165, 1.54) is 34.7 Å². The monoisotopic (exact) mass is 232 g/mol. The number of methoxy groups -OCH3 is 4. The topological polar surface area (TPSA) is 71.1 Å². The summed E-state index contributed by atoms with van der Waals surface area (Å²) in [6.45, 7) is 0. The quantitative estimate of drug-likeness (QED) is 0.372. The summed E-state index contributed by atoms with van der Waals surface area (Å²) in [6, 6.07) is 0. The molecule has 1 atom stereocenters. The van der Waals surface area contributed by atoms with Crippen LogP contribution in [0.25, 0.3) is 0 Å². The van der Waals surface area contributed by atoms with Crippen molar-refractivity contribution in [3.63, 3.8) is 0 Å². The molecule has 0 aliphatic carbocycles. The van der Waals surface area contributed by atoms with Gasteiger partial charge < -0.3 is 18.9 Å². The Morgan fingerprint density at radius 3 is 2.12 bits per heavy atom. The maximum absolute atomic E-state index is 11.4. The van der Waals surface area contributed by atoms with Crippen molar-refractivity contribution >= 4 is 11.9 Å². The maximum atomic E-state index is 11.4. The summed E-state index contributed by atoms with van der Waals surface area (Å²) in [6.07, 6.45) is 0.347. The molecule has 0 aliphatic rings. The normalized spacial score (nSPS) is 12.9. The van der Waals surface area contributed by atoms with Crippen molar-refractivity contribution in [2.45, 2.75) is 12.5 Å². The lowest BCUT2D eigenvalue weighted by atomic mass is 10.1. The predicted molar refractivity (Wildman–Crippen MR) is 54.5 cm³/mol. The Morgan fingerprint density at radius 1 is 1.12 bits per heavy atom. The summed E-state index contributed by atoms with van der Waals surface area (Å²) in [5.41, 5.74) is 0.123. The minimum atomic E-state index is -0.750. The summed E-state index contributed by atoms with van der Waals surface area (Å²) in [5.74, 6) is -1.10. The van der Waals surface area contributed by atoms with Crippen LogP contribution in [0.3, 0.4) is 0 Å². The van der Waals surface area contributed by atoms with Crippen molar-refractivity contribution in [1.29, 1.82) is 0 Å². The van der Waals surface area contributed by atoms with Crippen LogP contribution < -0.4 is 0 Å². The molecule has 16 heavy (non-hydrogen) atoms. The lowest BCUT2D eigenvalue weighted by Gasteiger charge is -2.15. The van der Waals surface area contributed by atoms with Gasteiger partial charge in [0.05, 0.1) is 34.0 Å². The van der Waals surface area contributed by atoms with Crippen LogP contribution in [0.4, 0.5) is 0 Å². The van der Waals surface area contributed by atoms with Crippen LogP contribution in [0.5, 0.6) is 0 Å². The molecule has 0 fully saturated rings. The molecule has 0 saturated heterocycles. The van der Waals surface area contributed by atoms with Gasteiger partial charge in [0, 0.05) is 7.11 Å². The van der Waals surface area contributed by atoms with Crippen LogP contribution in [0, 0.1) is 0 Å². The highest BCUT2D eigenvalue weighted by molar-refractivity contribution is 5.90. The Balaban J connectivity index is 4.79. The lowest BCUT2D eigenvalue weighted by Crippen LogP contribution is -2.25. The number of hydrogen-bond donors (Lipinski definition) is 0. The van der Waals surface area contributed by atoms with Crippen LogP contribution in [0.15, 0.2) is 11.8 Å². The minimum absolute atomic E-state index is 0.0860. The van der Waals surface area contributed by atoms with Crippen molar-refractivity contribution in [3.8, 4) is 0 Å². The van der Waals surface area contributed by atoms with Crippen molar-refractivity contribution < 1.29 is 28.5 Å². The van der Waals surface area contributed by atoms with Crippen LogP contribution in [0.2, 0.25) is 0 Å². The Bertz CT molecular complexity index is 270. The molecule has 0 aromatic carbocycles. The van der Waals surface area contributed by atoms with Gasteiger partial charge in [-0.3, -0.25) is 4.79 Å². The number of hydrogen-bond acceptors (Lipinski definition) is 6. The lowest BCUT2D eigenvalue weighted by molar-refractivity contribution is -0.143. The molecule has 1 unspecified atom stereocenters. The first kappa shape index (κ1) is 14.4.